The van der Waals surface area contributed by atoms with Crippen LogP contribution in [0.4, 0.5) is 5.69 Å². The molecule has 0 aliphatic rings. The molecular formula is C21H24N2O3. The van der Waals surface area contributed by atoms with Gasteiger partial charge in [-0.2, -0.15) is 0 Å². The Balaban J connectivity index is 1.51. The summed E-state index contributed by atoms with van der Waals surface area (Å²) in [6, 6.07) is 15.3. The number of amides is 1. The molecule has 0 aliphatic heterocycles. The van der Waals surface area contributed by atoms with Gasteiger partial charge in [0.05, 0.1) is 5.52 Å². The number of hydrogen-bond donors (Lipinski definition) is 1. The Labute approximate surface area is 152 Å². The van der Waals surface area contributed by atoms with E-state index in [2.05, 4.69) is 24.4 Å². The number of nitrogens with zero attached hydrogens (tertiary/aromatic N) is 1. The number of oxazole rings is 1. The summed E-state index contributed by atoms with van der Waals surface area (Å²) in [5.74, 6) is -0.429. The largest absolute Gasteiger partial charge is 0.419 e. The van der Waals surface area contributed by atoms with E-state index < -0.39 is 0 Å². The predicted octanol–water partition coefficient (Wildman–Crippen LogP) is 4.36. The number of aryl methyl sites for hydroxylation is 2. The number of carbonyl (C=O) groups is 1. The molecule has 0 unspecified atom stereocenters. The molecule has 136 valence electrons. The van der Waals surface area contributed by atoms with E-state index in [4.69, 9.17) is 4.42 Å². The number of rotatable bonds is 8. The third-order valence-corrected chi connectivity index (χ3v) is 4.42. The number of benzene rings is 2. The maximum absolute atomic E-state index is 12.1. The van der Waals surface area contributed by atoms with Crippen molar-refractivity contribution in [2.24, 2.45) is 0 Å². The summed E-state index contributed by atoms with van der Waals surface area (Å²) < 4.78 is 6.77. The van der Waals surface area contributed by atoms with Crippen molar-refractivity contribution in [2.75, 3.05) is 5.32 Å². The van der Waals surface area contributed by atoms with Crippen LogP contribution in [0.1, 0.15) is 38.2 Å². The summed E-state index contributed by atoms with van der Waals surface area (Å²) in [6.45, 7) is 2.63. The third-order valence-electron chi connectivity index (χ3n) is 4.42. The first-order chi connectivity index (χ1) is 12.7. The number of carbonyl (C=O) groups excluding carboxylic acids is 1. The molecule has 0 fully saturated rings. The van der Waals surface area contributed by atoms with Crippen molar-refractivity contribution in [2.45, 2.75) is 45.6 Å². The third kappa shape index (κ3) is 4.42. The number of fused-ring (bicyclic) bond motifs is 1. The fourth-order valence-electron chi connectivity index (χ4n) is 2.98. The molecule has 0 saturated carbocycles. The molecule has 0 radical (unpaired) electrons. The first-order valence-electron chi connectivity index (χ1n) is 9.14. The average molecular weight is 352 g/mol. The standard InChI is InChI=1S/C21H24N2O3/c1-2-3-7-16-11-13-17(14-12-16)22-20(24)10-6-15-23-18-8-4-5-9-19(18)26-21(23)25/h4-5,8-9,11-14H,2-3,6-7,10,15H2,1H3,(H,22,24). The summed E-state index contributed by atoms with van der Waals surface area (Å²) in [4.78, 5) is 24.0. The number of para-hydroxylation sites is 2. The molecule has 0 spiro atoms. The zero-order chi connectivity index (χ0) is 18.4. The van der Waals surface area contributed by atoms with Crippen LogP contribution in [0.3, 0.4) is 0 Å². The van der Waals surface area contributed by atoms with E-state index in [0.29, 0.717) is 25.0 Å². The maximum atomic E-state index is 12.1. The van der Waals surface area contributed by atoms with Crippen LogP contribution in [-0.2, 0) is 17.8 Å². The molecule has 3 rings (SSSR count). The number of nitrogens with one attached hydrogen (secondary N) is 1. The maximum Gasteiger partial charge on any atom is 0.419 e. The first-order valence-corrected chi connectivity index (χ1v) is 9.14. The summed E-state index contributed by atoms with van der Waals surface area (Å²) in [7, 11) is 0. The quantitative estimate of drug-likeness (QED) is 0.655. The fraction of sp³-hybridized carbons (Fsp3) is 0.333. The Bertz CT molecular complexity index is 922. The van der Waals surface area contributed by atoms with Crippen molar-refractivity contribution in [1.29, 1.82) is 0 Å². The van der Waals surface area contributed by atoms with Gasteiger partial charge in [-0.25, -0.2) is 4.79 Å². The van der Waals surface area contributed by atoms with Gasteiger partial charge in [0.15, 0.2) is 5.58 Å². The van der Waals surface area contributed by atoms with E-state index in [1.54, 1.807) is 10.6 Å². The van der Waals surface area contributed by atoms with Crippen LogP contribution in [0.25, 0.3) is 11.1 Å². The normalized spacial score (nSPS) is 11.0. The van der Waals surface area contributed by atoms with Gasteiger partial charge in [0, 0.05) is 18.7 Å². The number of anilines is 1. The SMILES string of the molecule is CCCCc1ccc(NC(=O)CCCn2c(=O)oc3ccccc32)cc1. The second-order valence-corrected chi connectivity index (χ2v) is 6.44. The highest BCUT2D eigenvalue weighted by atomic mass is 16.4. The Hall–Kier alpha value is -2.82. The zero-order valence-electron chi connectivity index (χ0n) is 15.0. The van der Waals surface area contributed by atoms with Crippen LogP contribution < -0.4 is 11.1 Å². The van der Waals surface area contributed by atoms with Crippen molar-refractivity contribution in [3.8, 4) is 0 Å². The minimum atomic E-state index is -0.380. The molecule has 0 saturated heterocycles. The number of unbranched alkanes of at least 4 members (excludes halogenated alkanes) is 1. The van der Waals surface area contributed by atoms with Crippen molar-refractivity contribution < 1.29 is 9.21 Å². The van der Waals surface area contributed by atoms with Gasteiger partial charge in [-0.1, -0.05) is 37.6 Å². The monoisotopic (exact) mass is 352 g/mol. The van der Waals surface area contributed by atoms with E-state index in [0.717, 1.165) is 17.6 Å². The van der Waals surface area contributed by atoms with E-state index in [1.165, 1.54) is 18.4 Å². The summed E-state index contributed by atoms with van der Waals surface area (Å²) in [5.41, 5.74) is 3.43. The van der Waals surface area contributed by atoms with Crippen molar-refractivity contribution in [3.63, 3.8) is 0 Å². The lowest BCUT2D eigenvalue weighted by Crippen LogP contribution is -2.17. The van der Waals surface area contributed by atoms with Gasteiger partial charge in [0.1, 0.15) is 0 Å². The van der Waals surface area contributed by atoms with Gasteiger partial charge in [-0.3, -0.25) is 9.36 Å². The lowest BCUT2D eigenvalue weighted by atomic mass is 10.1. The van der Waals surface area contributed by atoms with Crippen LogP contribution in [0, 0.1) is 0 Å². The highest BCUT2D eigenvalue weighted by molar-refractivity contribution is 5.90. The van der Waals surface area contributed by atoms with Gasteiger partial charge in [0.2, 0.25) is 5.91 Å². The van der Waals surface area contributed by atoms with Crippen LogP contribution in [0.2, 0.25) is 0 Å². The summed E-state index contributed by atoms with van der Waals surface area (Å²) >= 11 is 0. The van der Waals surface area contributed by atoms with Gasteiger partial charge >= 0.3 is 5.76 Å². The molecule has 3 aromatic rings. The van der Waals surface area contributed by atoms with Crippen LogP contribution >= 0.6 is 0 Å². The van der Waals surface area contributed by atoms with E-state index in [1.807, 2.05) is 30.3 Å². The second-order valence-electron chi connectivity index (χ2n) is 6.44. The predicted molar refractivity (Wildman–Crippen MR) is 103 cm³/mol. The summed E-state index contributed by atoms with van der Waals surface area (Å²) in [5, 5.41) is 2.91. The highest BCUT2D eigenvalue weighted by Crippen LogP contribution is 2.14. The number of aromatic nitrogens is 1. The molecule has 0 bridgehead atoms. The highest BCUT2D eigenvalue weighted by Gasteiger charge is 2.09. The van der Waals surface area contributed by atoms with Gasteiger partial charge in [-0.15, -0.1) is 0 Å². The second kappa shape index (κ2) is 8.52. The molecule has 2 aromatic carbocycles. The van der Waals surface area contributed by atoms with Gasteiger partial charge in [0.25, 0.3) is 0 Å². The molecule has 1 aromatic heterocycles. The lowest BCUT2D eigenvalue weighted by Gasteiger charge is -2.07. The fourth-order valence-corrected chi connectivity index (χ4v) is 2.98. The van der Waals surface area contributed by atoms with Crippen molar-refractivity contribution in [3.05, 3.63) is 64.6 Å². The van der Waals surface area contributed by atoms with Crippen molar-refractivity contribution in [1.82, 2.24) is 4.57 Å². The van der Waals surface area contributed by atoms with Crippen LogP contribution in [0.5, 0.6) is 0 Å². The molecule has 1 amide bonds. The van der Waals surface area contributed by atoms with E-state index >= 15 is 0 Å². The van der Waals surface area contributed by atoms with Gasteiger partial charge < -0.3 is 9.73 Å². The van der Waals surface area contributed by atoms with Gasteiger partial charge in [-0.05, 0) is 49.1 Å². The minimum Gasteiger partial charge on any atom is -0.408 e. The zero-order valence-corrected chi connectivity index (χ0v) is 15.0. The molecule has 5 heteroatoms. The topological polar surface area (TPSA) is 64.2 Å². The molecule has 0 atom stereocenters. The lowest BCUT2D eigenvalue weighted by molar-refractivity contribution is -0.116. The molecule has 1 N–H and O–H groups in total. The first kappa shape index (κ1) is 18.0. The minimum absolute atomic E-state index is 0.0489. The molecular weight excluding hydrogens is 328 g/mol. The van der Waals surface area contributed by atoms with Crippen molar-refractivity contribution >= 4 is 22.7 Å². The van der Waals surface area contributed by atoms with E-state index in [-0.39, 0.29) is 11.7 Å². The Morgan fingerprint density at radius 3 is 2.62 bits per heavy atom. The molecule has 26 heavy (non-hydrogen) atoms. The summed E-state index contributed by atoms with van der Waals surface area (Å²) in [6.07, 6.45) is 4.34. The van der Waals surface area contributed by atoms with Crippen LogP contribution in [0.15, 0.2) is 57.7 Å². The Kier molecular flexibility index (Phi) is 5.89. The molecule has 0 aliphatic carbocycles. The Morgan fingerprint density at radius 1 is 1.08 bits per heavy atom. The Morgan fingerprint density at radius 2 is 1.85 bits per heavy atom. The smallest absolute Gasteiger partial charge is 0.408 e. The number of hydrogen-bond acceptors (Lipinski definition) is 3. The van der Waals surface area contributed by atoms with Crippen LogP contribution in [-0.4, -0.2) is 10.5 Å². The average Bonchev–Trinajstić information content (AvgIpc) is 2.97. The van der Waals surface area contributed by atoms with E-state index in [9.17, 15) is 9.59 Å². The molecule has 1 heterocycles. The molecule has 5 nitrogen and oxygen atoms in total.